The zero-order chi connectivity index (χ0) is 16.2. The molecule has 7 nitrogen and oxygen atoms in total. The smallest absolute Gasteiger partial charge is 0.235 e. The van der Waals surface area contributed by atoms with Crippen molar-refractivity contribution in [2.75, 3.05) is 38.2 Å². The fourth-order valence-corrected chi connectivity index (χ4v) is 3.24. The number of anilines is 1. The first kappa shape index (κ1) is 16.1. The number of rotatable bonds is 5. The maximum absolute atomic E-state index is 12.7. The summed E-state index contributed by atoms with van der Waals surface area (Å²) in [6.45, 7) is 4.71. The van der Waals surface area contributed by atoms with Crippen molar-refractivity contribution < 1.29 is 14.1 Å². The van der Waals surface area contributed by atoms with E-state index in [4.69, 9.17) is 9.26 Å². The summed E-state index contributed by atoms with van der Waals surface area (Å²) in [6.07, 6.45) is 1.88. The summed E-state index contributed by atoms with van der Waals surface area (Å²) >= 11 is 1.45. The SMILES string of the molecule is Cc1cc(CC(=O)N(C[C@@H]2CN(C)CCO2)c2nccs2)no1. The van der Waals surface area contributed by atoms with Crippen LogP contribution in [-0.2, 0) is 16.0 Å². The van der Waals surface area contributed by atoms with Crippen molar-refractivity contribution in [3.05, 3.63) is 29.1 Å². The van der Waals surface area contributed by atoms with E-state index in [9.17, 15) is 4.79 Å². The first-order chi connectivity index (χ1) is 11.1. The number of nitrogens with zero attached hydrogens (tertiary/aromatic N) is 4. The number of hydrogen-bond acceptors (Lipinski definition) is 7. The van der Waals surface area contributed by atoms with Gasteiger partial charge in [-0.2, -0.15) is 0 Å². The molecular formula is C15H20N4O3S. The molecule has 0 N–H and O–H groups in total. The molecule has 2 aromatic rings. The molecule has 1 saturated heterocycles. The maximum Gasteiger partial charge on any atom is 0.235 e. The monoisotopic (exact) mass is 336 g/mol. The van der Waals surface area contributed by atoms with Crippen molar-refractivity contribution in [2.45, 2.75) is 19.4 Å². The second-order valence-electron chi connectivity index (χ2n) is 5.68. The van der Waals surface area contributed by atoms with Gasteiger partial charge >= 0.3 is 0 Å². The third kappa shape index (κ3) is 4.15. The van der Waals surface area contributed by atoms with Gasteiger partial charge in [0.1, 0.15) is 5.76 Å². The Bertz CT molecular complexity index is 643. The van der Waals surface area contributed by atoms with Gasteiger partial charge in [-0.1, -0.05) is 5.16 Å². The summed E-state index contributed by atoms with van der Waals surface area (Å²) in [6, 6.07) is 1.78. The van der Waals surface area contributed by atoms with Crippen LogP contribution in [0.25, 0.3) is 0 Å². The molecule has 8 heteroatoms. The number of amides is 1. The Kier molecular flexibility index (Phi) is 5.04. The van der Waals surface area contributed by atoms with Crippen LogP contribution < -0.4 is 4.90 Å². The van der Waals surface area contributed by atoms with E-state index in [0.29, 0.717) is 29.7 Å². The molecule has 0 unspecified atom stereocenters. The number of aromatic nitrogens is 2. The highest BCUT2D eigenvalue weighted by Gasteiger charge is 2.26. The van der Waals surface area contributed by atoms with Gasteiger partial charge in [-0.3, -0.25) is 9.69 Å². The quantitative estimate of drug-likeness (QED) is 0.821. The maximum atomic E-state index is 12.7. The number of hydrogen-bond donors (Lipinski definition) is 0. The second-order valence-corrected chi connectivity index (χ2v) is 6.55. The highest BCUT2D eigenvalue weighted by Crippen LogP contribution is 2.20. The Balaban J connectivity index is 1.71. The van der Waals surface area contributed by atoms with E-state index in [-0.39, 0.29) is 18.4 Å². The van der Waals surface area contributed by atoms with Gasteiger partial charge in [-0.25, -0.2) is 4.98 Å². The molecule has 1 aliphatic rings. The largest absolute Gasteiger partial charge is 0.374 e. The minimum Gasteiger partial charge on any atom is -0.374 e. The number of likely N-dealkylation sites (N-methyl/N-ethyl adjacent to an activating group) is 1. The van der Waals surface area contributed by atoms with Crippen LogP contribution in [-0.4, -0.2) is 60.3 Å². The van der Waals surface area contributed by atoms with Crippen LogP contribution >= 0.6 is 11.3 Å². The molecule has 0 saturated carbocycles. The molecule has 23 heavy (non-hydrogen) atoms. The van der Waals surface area contributed by atoms with E-state index in [1.165, 1.54) is 11.3 Å². The molecule has 3 rings (SSSR count). The lowest BCUT2D eigenvalue weighted by Gasteiger charge is -2.33. The van der Waals surface area contributed by atoms with Gasteiger partial charge in [0, 0.05) is 30.7 Å². The van der Waals surface area contributed by atoms with Crippen LogP contribution in [0, 0.1) is 6.92 Å². The molecule has 124 valence electrons. The molecule has 0 spiro atoms. The van der Waals surface area contributed by atoms with Gasteiger partial charge in [-0.05, 0) is 14.0 Å². The summed E-state index contributed by atoms with van der Waals surface area (Å²) in [5, 5.41) is 6.45. The molecule has 0 aliphatic carbocycles. The van der Waals surface area contributed by atoms with Crippen LogP contribution in [0.5, 0.6) is 0 Å². The van der Waals surface area contributed by atoms with E-state index in [1.54, 1.807) is 17.2 Å². The van der Waals surface area contributed by atoms with Gasteiger partial charge < -0.3 is 14.2 Å². The summed E-state index contributed by atoms with van der Waals surface area (Å²) in [4.78, 5) is 20.9. The summed E-state index contributed by atoms with van der Waals surface area (Å²) in [7, 11) is 2.06. The Hall–Kier alpha value is -1.77. The minimum atomic E-state index is -0.0509. The number of ether oxygens (including phenoxy) is 1. The van der Waals surface area contributed by atoms with E-state index < -0.39 is 0 Å². The molecular weight excluding hydrogens is 316 g/mol. The van der Waals surface area contributed by atoms with Crippen LogP contribution in [0.4, 0.5) is 5.13 Å². The molecule has 2 aromatic heterocycles. The number of thiazole rings is 1. The van der Waals surface area contributed by atoms with Crippen molar-refractivity contribution in [1.29, 1.82) is 0 Å². The number of carbonyl (C=O) groups is 1. The van der Waals surface area contributed by atoms with E-state index >= 15 is 0 Å². The summed E-state index contributed by atoms with van der Waals surface area (Å²) in [5.74, 6) is 0.649. The number of morpholine rings is 1. The lowest BCUT2D eigenvalue weighted by atomic mass is 10.2. The third-order valence-electron chi connectivity index (χ3n) is 3.69. The molecule has 1 fully saturated rings. The van der Waals surface area contributed by atoms with Crippen molar-refractivity contribution in [2.24, 2.45) is 0 Å². The topological polar surface area (TPSA) is 71.7 Å². The average molecular weight is 336 g/mol. The number of carbonyl (C=O) groups excluding carboxylic acids is 1. The molecule has 1 amide bonds. The van der Waals surface area contributed by atoms with Gasteiger partial charge in [0.2, 0.25) is 5.91 Å². The van der Waals surface area contributed by atoms with E-state index in [2.05, 4.69) is 22.1 Å². The first-order valence-electron chi connectivity index (χ1n) is 7.54. The zero-order valence-electron chi connectivity index (χ0n) is 13.3. The fourth-order valence-electron chi connectivity index (χ4n) is 2.57. The fraction of sp³-hybridized carbons (Fsp3) is 0.533. The Labute approximate surface area is 138 Å². The second kappa shape index (κ2) is 7.20. The van der Waals surface area contributed by atoms with Crippen LogP contribution in [0.15, 0.2) is 22.2 Å². The Morgan fingerprint density at radius 3 is 3.09 bits per heavy atom. The molecule has 1 aliphatic heterocycles. The predicted molar refractivity (Wildman–Crippen MR) is 86.6 cm³/mol. The van der Waals surface area contributed by atoms with Crippen molar-refractivity contribution in [1.82, 2.24) is 15.0 Å². The standard InChI is InChI=1S/C15H20N4O3S/c1-11-7-12(17-22-11)8-14(20)19(15-16-3-6-23-15)10-13-9-18(2)4-5-21-13/h3,6-7,13H,4-5,8-10H2,1-2H3/t13-/m0/s1. The van der Waals surface area contributed by atoms with E-state index in [0.717, 1.165) is 13.1 Å². The minimum absolute atomic E-state index is 0.0133. The lowest BCUT2D eigenvalue weighted by molar-refractivity contribution is -0.118. The van der Waals surface area contributed by atoms with Gasteiger partial charge in [0.05, 0.1) is 31.4 Å². The Morgan fingerprint density at radius 2 is 2.43 bits per heavy atom. The Morgan fingerprint density at radius 1 is 1.57 bits per heavy atom. The zero-order valence-corrected chi connectivity index (χ0v) is 14.1. The van der Waals surface area contributed by atoms with Crippen LogP contribution in [0.2, 0.25) is 0 Å². The molecule has 3 heterocycles. The highest BCUT2D eigenvalue weighted by atomic mass is 32.1. The van der Waals surface area contributed by atoms with Crippen molar-refractivity contribution in [3.8, 4) is 0 Å². The van der Waals surface area contributed by atoms with E-state index in [1.807, 2.05) is 12.3 Å². The van der Waals surface area contributed by atoms with Gasteiger partial charge in [0.25, 0.3) is 0 Å². The number of aryl methyl sites for hydroxylation is 1. The highest BCUT2D eigenvalue weighted by molar-refractivity contribution is 7.13. The molecule has 0 bridgehead atoms. The molecule has 0 aromatic carbocycles. The summed E-state index contributed by atoms with van der Waals surface area (Å²) in [5.41, 5.74) is 0.635. The lowest BCUT2D eigenvalue weighted by Crippen LogP contribution is -2.48. The van der Waals surface area contributed by atoms with Crippen LogP contribution in [0.1, 0.15) is 11.5 Å². The van der Waals surface area contributed by atoms with Gasteiger partial charge in [-0.15, -0.1) is 11.3 Å². The molecule has 0 radical (unpaired) electrons. The normalized spacial score (nSPS) is 19.0. The van der Waals surface area contributed by atoms with Crippen molar-refractivity contribution >= 4 is 22.4 Å². The average Bonchev–Trinajstić information content (AvgIpc) is 3.17. The summed E-state index contributed by atoms with van der Waals surface area (Å²) < 4.78 is 10.8. The predicted octanol–water partition coefficient (Wildman–Crippen LogP) is 1.35. The third-order valence-corrected chi connectivity index (χ3v) is 4.48. The van der Waals surface area contributed by atoms with Crippen LogP contribution in [0.3, 0.4) is 0 Å². The molecule has 1 atom stereocenters. The van der Waals surface area contributed by atoms with Crippen molar-refractivity contribution in [3.63, 3.8) is 0 Å². The first-order valence-corrected chi connectivity index (χ1v) is 8.42. The van der Waals surface area contributed by atoms with Gasteiger partial charge in [0.15, 0.2) is 5.13 Å².